The number of nitrogens with zero attached hydrogens (tertiary/aromatic N) is 4. The average Bonchev–Trinajstić information content (AvgIpc) is 4.11. The zero-order valence-corrected chi connectivity index (χ0v) is 37.1. The number of carbonyl (C=O) groups excluding carboxylic acids is 4. The van der Waals surface area contributed by atoms with Crippen molar-refractivity contribution in [1.29, 1.82) is 0 Å². The molecule has 2 saturated heterocycles. The molecule has 4 atom stereocenters. The lowest BCUT2D eigenvalue weighted by Gasteiger charge is -2.30. The fourth-order valence-corrected chi connectivity index (χ4v) is 7.91. The number of carbonyl (C=O) groups is 4. The highest BCUT2D eigenvalue weighted by atomic mass is 35.5. The third-order valence-corrected chi connectivity index (χ3v) is 11.1. The number of amides is 4. The number of likely N-dealkylation sites (tertiary alicyclic amines) is 2. The number of methoxy groups -OCH3 is 2. The Kier molecular flexibility index (Phi) is 17.7. The summed E-state index contributed by atoms with van der Waals surface area (Å²) in [5.74, 6) is 7.45. The van der Waals surface area contributed by atoms with Crippen LogP contribution in [0.2, 0.25) is 0 Å². The van der Waals surface area contributed by atoms with Crippen molar-refractivity contribution in [2.45, 2.75) is 77.5 Å². The maximum atomic E-state index is 13.5. The van der Waals surface area contributed by atoms with E-state index in [-0.39, 0.29) is 35.7 Å². The summed E-state index contributed by atoms with van der Waals surface area (Å²) in [6, 6.07) is 10.1. The molecule has 5 heterocycles. The smallest absolute Gasteiger partial charge is 0.407 e. The van der Waals surface area contributed by atoms with Crippen LogP contribution in [0, 0.1) is 23.7 Å². The van der Waals surface area contributed by atoms with Gasteiger partial charge in [0.05, 0.1) is 59.8 Å². The second-order valence-electron chi connectivity index (χ2n) is 14.5. The van der Waals surface area contributed by atoms with Crippen LogP contribution in [0.3, 0.4) is 0 Å². The van der Waals surface area contributed by atoms with Gasteiger partial charge in [-0.25, -0.2) is 19.6 Å². The molecule has 3 aromatic heterocycles. The number of thiophene rings is 1. The number of ether oxygens (including phenoxy) is 2. The van der Waals surface area contributed by atoms with Crippen molar-refractivity contribution in [3.8, 4) is 33.7 Å². The van der Waals surface area contributed by atoms with Gasteiger partial charge in [-0.2, -0.15) is 0 Å². The Morgan fingerprint density at radius 3 is 1.68 bits per heavy atom. The van der Waals surface area contributed by atoms with Crippen LogP contribution in [0.25, 0.3) is 21.8 Å². The predicted molar refractivity (Wildman–Crippen MR) is 231 cm³/mol. The normalized spacial score (nSPS) is 16.8. The van der Waals surface area contributed by atoms with E-state index in [4.69, 9.17) is 9.47 Å². The number of hydrogen-bond acceptors (Lipinski definition) is 9. The van der Waals surface area contributed by atoms with Crippen LogP contribution in [0.1, 0.15) is 87.6 Å². The highest BCUT2D eigenvalue weighted by Gasteiger charge is 2.39. The van der Waals surface area contributed by atoms with E-state index in [0.29, 0.717) is 24.7 Å². The molecule has 4 N–H and O–H groups in total. The summed E-state index contributed by atoms with van der Waals surface area (Å²) in [5.41, 5.74) is 3.50. The lowest BCUT2D eigenvalue weighted by molar-refractivity contribution is -0.136. The van der Waals surface area contributed by atoms with Crippen LogP contribution >= 0.6 is 34.5 Å². The number of aromatic nitrogens is 4. The monoisotopic (exact) mass is 868 g/mol. The summed E-state index contributed by atoms with van der Waals surface area (Å²) >= 11 is 10.8. The van der Waals surface area contributed by atoms with Crippen molar-refractivity contribution in [2.24, 2.45) is 11.8 Å². The van der Waals surface area contributed by atoms with Gasteiger partial charge in [0.2, 0.25) is 11.8 Å². The summed E-state index contributed by atoms with van der Waals surface area (Å²) in [7, 11) is 2.57. The van der Waals surface area contributed by atoms with Gasteiger partial charge >= 0.3 is 12.2 Å². The van der Waals surface area contributed by atoms with Crippen molar-refractivity contribution < 1.29 is 28.7 Å². The van der Waals surface area contributed by atoms with Gasteiger partial charge in [-0.1, -0.05) is 51.7 Å². The first-order chi connectivity index (χ1) is 28.5. The number of rotatable bonds is 10. The van der Waals surface area contributed by atoms with E-state index in [2.05, 4.69) is 65.6 Å². The van der Waals surface area contributed by atoms with Crippen molar-refractivity contribution in [1.82, 2.24) is 40.4 Å². The first-order valence-corrected chi connectivity index (χ1v) is 21.7. The number of H-pyrrole nitrogens is 2. The molecule has 2 fully saturated rings. The zero-order valence-electron chi connectivity index (χ0n) is 34.7. The molecule has 14 nitrogen and oxygen atoms in total. The molecule has 0 bridgehead atoms. The molecule has 318 valence electrons. The van der Waals surface area contributed by atoms with Gasteiger partial charge in [-0.05, 0) is 67.3 Å². The number of imidazole rings is 2. The maximum absolute atomic E-state index is 13.5. The van der Waals surface area contributed by atoms with Gasteiger partial charge in [0.25, 0.3) is 0 Å². The number of alkyl carbamates (subject to hydrolysis) is 2. The zero-order chi connectivity index (χ0) is 43.2. The van der Waals surface area contributed by atoms with E-state index in [1.54, 1.807) is 33.5 Å². The summed E-state index contributed by atoms with van der Waals surface area (Å²) in [6.45, 7) is 8.76. The molecule has 4 aromatic rings. The average molecular weight is 870 g/mol. The fourth-order valence-electron chi connectivity index (χ4n) is 7.09. The summed E-state index contributed by atoms with van der Waals surface area (Å²) in [5, 5.41) is 5.37. The van der Waals surface area contributed by atoms with Gasteiger partial charge in [0.1, 0.15) is 23.7 Å². The Morgan fingerprint density at radius 1 is 0.729 bits per heavy atom. The maximum Gasteiger partial charge on any atom is 0.407 e. The van der Waals surface area contributed by atoms with E-state index in [0.717, 1.165) is 58.0 Å². The molecular weight excluding hydrogens is 815 g/mol. The first-order valence-electron chi connectivity index (χ1n) is 19.3. The quantitative estimate of drug-likeness (QED) is 0.0926. The molecule has 0 spiro atoms. The minimum atomic E-state index is -0.690. The second-order valence-corrected chi connectivity index (χ2v) is 15.5. The molecule has 4 amide bonds. The molecular formula is C42H54Cl2N8O6S. The van der Waals surface area contributed by atoms with Crippen LogP contribution in [-0.4, -0.2) is 106 Å². The van der Waals surface area contributed by atoms with Crippen LogP contribution in [0.5, 0.6) is 0 Å². The summed E-state index contributed by atoms with van der Waals surface area (Å²) < 4.78 is 9.49. The number of hydrogen-bond donors (Lipinski definition) is 4. The summed E-state index contributed by atoms with van der Waals surface area (Å²) in [6.07, 6.45) is 8.50. The Labute approximate surface area is 360 Å². The van der Waals surface area contributed by atoms with Crippen LogP contribution in [0.4, 0.5) is 9.59 Å². The van der Waals surface area contributed by atoms with Crippen molar-refractivity contribution >= 4 is 58.5 Å². The van der Waals surface area contributed by atoms with Gasteiger partial charge in [-0.3, -0.25) is 9.59 Å². The standard InChI is InChI=1S/C40H48N8O6S.2CH3Cl/c1-23(2)33(45-39(51)53-5)37(49)47-19-7-9-30(47)35-41-21-28(43-35)26-14-11-25(12-15-26)13-16-27-17-18-32(55-27)29-22-42-36(44-29)31-10-8-20-48(31)38(50)34(24(3)4)46-40(52)54-6;2*1-2/h11-12,14-15,17-18,21-24,30-31,33-34H,7-10,19-20H2,1-6H3,(H,41,43)(H,42,44)(H,45,51)(H,46,52);2*1H3/t30-,31-,33-,34?;;/m0../s1. The van der Waals surface area contributed by atoms with Crippen molar-refractivity contribution in [3.05, 3.63) is 70.9 Å². The Balaban J connectivity index is 0.00000186. The molecule has 0 saturated carbocycles. The topological polar surface area (TPSA) is 175 Å². The molecule has 2 aliphatic heterocycles. The van der Waals surface area contributed by atoms with E-state index >= 15 is 0 Å². The molecule has 0 radical (unpaired) electrons. The van der Waals surface area contributed by atoms with Gasteiger partial charge in [0, 0.05) is 31.4 Å². The largest absolute Gasteiger partial charge is 0.453 e. The number of aromatic amines is 2. The van der Waals surface area contributed by atoms with Crippen LogP contribution < -0.4 is 10.6 Å². The van der Waals surface area contributed by atoms with Gasteiger partial charge in [0.15, 0.2) is 0 Å². The van der Waals surface area contributed by atoms with E-state index < -0.39 is 24.3 Å². The van der Waals surface area contributed by atoms with E-state index in [9.17, 15) is 19.2 Å². The highest BCUT2D eigenvalue weighted by Crippen LogP contribution is 2.35. The summed E-state index contributed by atoms with van der Waals surface area (Å²) in [4.78, 5) is 72.5. The first kappa shape index (κ1) is 46.6. The lowest BCUT2D eigenvalue weighted by atomic mass is 10.0. The van der Waals surface area contributed by atoms with Gasteiger partial charge < -0.3 is 39.9 Å². The Morgan fingerprint density at radius 2 is 1.20 bits per heavy atom. The minimum absolute atomic E-state index is 0.107. The number of nitrogens with one attached hydrogen (secondary N) is 4. The van der Waals surface area contributed by atoms with E-state index in [1.807, 2.05) is 64.1 Å². The molecule has 0 aliphatic carbocycles. The number of benzene rings is 1. The van der Waals surface area contributed by atoms with Crippen molar-refractivity contribution in [3.63, 3.8) is 0 Å². The second kappa shape index (κ2) is 22.4. The van der Waals surface area contributed by atoms with Gasteiger partial charge in [-0.15, -0.1) is 34.5 Å². The lowest BCUT2D eigenvalue weighted by Crippen LogP contribution is -2.51. The Bertz CT molecular complexity index is 2070. The SMILES string of the molecule is CCl.CCl.COC(=O)NC(C(=O)N1CCC[C@H]1c1ncc(-c2ccc(C#Cc3ccc(-c4cnc([C@@H]5CCCN5C(=O)[C@@H](NC(=O)OC)C(C)C)[nH]4)cc3)s2)[nH]1)C(C)C. The molecule has 1 aromatic carbocycles. The Hall–Kier alpha value is -5.04. The molecule has 6 rings (SSSR count). The van der Waals surface area contributed by atoms with Crippen LogP contribution in [0.15, 0.2) is 48.8 Å². The third kappa shape index (κ3) is 11.6. The molecule has 17 heteroatoms. The fraction of sp³-hybridized carbons (Fsp3) is 0.476. The molecule has 1 unspecified atom stereocenters. The molecule has 59 heavy (non-hydrogen) atoms. The predicted octanol–water partition coefficient (Wildman–Crippen LogP) is 7.73. The number of halogens is 2. The number of alkyl halides is 2. The van der Waals surface area contributed by atoms with E-state index in [1.165, 1.54) is 27.0 Å². The van der Waals surface area contributed by atoms with Crippen LogP contribution in [-0.2, 0) is 19.1 Å². The third-order valence-electron chi connectivity index (χ3n) is 10.1. The highest BCUT2D eigenvalue weighted by molar-refractivity contribution is 7.16. The molecule has 2 aliphatic rings. The minimum Gasteiger partial charge on any atom is -0.453 e. The van der Waals surface area contributed by atoms with Crippen molar-refractivity contribution in [2.75, 3.05) is 40.1 Å².